The molecule has 0 fully saturated rings. The number of hydrogen-bond acceptors (Lipinski definition) is 3. The van der Waals surface area contributed by atoms with Crippen LogP contribution in [0.4, 0.5) is 11.4 Å². The molecule has 2 aliphatic heterocycles. The monoisotopic (exact) mass is 486 g/mol. The lowest BCUT2D eigenvalue weighted by Crippen LogP contribution is -2.17. The van der Waals surface area contributed by atoms with Gasteiger partial charge in [-0.25, -0.2) is 0 Å². The molecule has 8 rings (SSSR count). The Morgan fingerprint density at radius 1 is 0.649 bits per heavy atom. The molecule has 4 aromatic carbocycles. The van der Waals surface area contributed by atoms with Crippen molar-refractivity contribution in [1.29, 1.82) is 0 Å². The van der Waals surface area contributed by atoms with Gasteiger partial charge in [0.15, 0.2) is 0 Å². The maximum atomic E-state index is 5.36. The van der Waals surface area contributed by atoms with Gasteiger partial charge in [0.25, 0.3) is 0 Å². The van der Waals surface area contributed by atoms with E-state index in [0.29, 0.717) is 29.8 Å². The quantitative estimate of drug-likeness (QED) is 0.308. The molecule has 0 saturated heterocycles. The van der Waals surface area contributed by atoms with Crippen molar-refractivity contribution in [2.45, 2.75) is 56.5 Å². The molecule has 186 valence electrons. The van der Waals surface area contributed by atoms with Crippen molar-refractivity contribution in [2.24, 2.45) is 0 Å². The Hall–Kier alpha value is -3.72. The van der Waals surface area contributed by atoms with Gasteiger partial charge in [-0.15, -0.1) is 0 Å². The summed E-state index contributed by atoms with van der Waals surface area (Å²) in [5.74, 6) is 2.61. The zero-order valence-corrected chi connectivity index (χ0v) is 21.8. The summed E-state index contributed by atoms with van der Waals surface area (Å²) in [4.78, 5) is 0. The van der Waals surface area contributed by atoms with Crippen molar-refractivity contribution >= 4 is 11.4 Å². The van der Waals surface area contributed by atoms with Crippen LogP contribution in [0.1, 0.15) is 70.5 Å². The highest BCUT2D eigenvalue weighted by molar-refractivity contribution is 5.67. The summed E-state index contributed by atoms with van der Waals surface area (Å²) < 4.78 is 5.36. The molecule has 3 nitrogen and oxygen atoms in total. The maximum Gasteiger partial charge on any atom is 0.119 e. The number of para-hydroxylation sites is 2. The molecule has 4 atom stereocenters. The Morgan fingerprint density at radius 2 is 1.19 bits per heavy atom. The number of hydrogen-bond donors (Lipinski definition) is 2. The van der Waals surface area contributed by atoms with Crippen LogP contribution < -0.4 is 15.4 Å². The Bertz CT molecular complexity index is 1490. The Balaban J connectivity index is 0.000000125. The molecule has 0 spiro atoms. The number of ether oxygens (including phenoxy) is 1. The highest BCUT2D eigenvalue weighted by atomic mass is 16.5. The molecule has 4 aliphatic rings. The molecule has 2 aliphatic carbocycles. The molecule has 0 unspecified atom stereocenters. The molecule has 2 N–H and O–H groups in total. The van der Waals surface area contributed by atoms with Crippen LogP contribution in [-0.2, 0) is 12.8 Å². The predicted molar refractivity (Wildman–Crippen MR) is 152 cm³/mol. The number of methoxy groups -OCH3 is 1. The number of rotatable bonds is 2. The molecule has 0 radical (unpaired) electrons. The lowest BCUT2D eigenvalue weighted by atomic mass is 9.90. The zero-order chi connectivity index (χ0) is 25.1. The smallest absolute Gasteiger partial charge is 0.119 e. The Morgan fingerprint density at radius 3 is 1.76 bits per heavy atom. The molecular weight excluding hydrogens is 452 g/mol. The van der Waals surface area contributed by atoms with Crippen molar-refractivity contribution in [1.82, 2.24) is 0 Å². The van der Waals surface area contributed by atoms with Gasteiger partial charge in [-0.3, -0.25) is 0 Å². The first-order valence-electron chi connectivity index (χ1n) is 13.6. The SMILES string of the molecule is CC(C)c1ccc2c(c1)[C@H]1c3ccccc3N[C@H]1C2.COc1ccc2c(c1)[C@H]1c3ccccc3N[C@H]1C2. The third kappa shape index (κ3) is 3.63. The average Bonchev–Trinajstić information content (AvgIpc) is 3.65. The summed E-state index contributed by atoms with van der Waals surface area (Å²) in [6, 6.07) is 32.0. The summed E-state index contributed by atoms with van der Waals surface area (Å²) in [7, 11) is 1.73. The van der Waals surface area contributed by atoms with Gasteiger partial charge in [0, 0.05) is 35.3 Å². The predicted octanol–water partition coefficient (Wildman–Crippen LogP) is 7.47. The second kappa shape index (κ2) is 8.69. The van der Waals surface area contributed by atoms with Crippen molar-refractivity contribution in [3.05, 3.63) is 124 Å². The van der Waals surface area contributed by atoms with Crippen molar-refractivity contribution in [3.8, 4) is 5.75 Å². The third-order valence-corrected chi connectivity index (χ3v) is 8.82. The van der Waals surface area contributed by atoms with E-state index in [-0.39, 0.29) is 0 Å². The van der Waals surface area contributed by atoms with Gasteiger partial charge in [-0.1, -0.05) is 74.5 Å². The molecule has 0 amide bonds. The first-order chi connectivity index (χ1) is 18.1. The second-order valence-corrected chi connectivity index (χ2v) is 11.2. The lowest BCUT2D eigenvalue weighted by Gasteiger charge is -2.13. The van der Waals surface area contributed by atoms with E-state index in [9.17, 15) is 0 Å². The van der Waals surface area contributed by atoms with Gasteiger partial charge < -0.3 is 15.4 Å². The number of benzene rings is 4. The van der Waals surface area contributed by atoms with Crippen LogP contribution in [0, 0.1) is 0 Å². The molecular formula is C34H34N2O. The fourth-order valence-corrected chi connectivity index (χ4v) is 7.00. The van der Waals surface area contributed by atoms with E-state index in [1.807, 2.05) is 0 Å². The molecule has 0 saturated carbocycles. The van der Waals surface area contributed by atoms with Crippen LogP contribution in [-0.4, -0.2) is 19.2 Å². The lowest BCUT2D eigenvalue weighted by molar-refractivity contribution is 0.414. The number of anilines is 2. The largest absolute Gasteiger partial charge is 0.497 e. The van der Waals surface area contributed by atoms with E-state index >= 15 is 0 Å². The molecule has 2 heterocycles. The number of nitrogens with one attached hydrogen (secondary N) is 2. The Labute approximate surface area is 219 Å². The highest BCUT2D eigenvalue weighted by Gasteiger charge is 2.40. The molecule has 4 aromatic rings. The number of fused-ring (bicyclic) bond motifs is 10. The fraction of sp³-hybridized carbons (Fsp3) is 0.294. The van der Waals surface area contributed by atoms with Crippen LogP contribution in [0.15, 0.2) is 84.9 Å². The van der Waals surface area contributed by atoms with Crippen LogP contribution in [0.2, 0.25) is 0 Å². The van der Waals surface area contributed by atoms with Gasteiger partial charge in [0.05, 0.1) is 7.11 Å². The van der Waals surface area contributed by atoms with Crippen molar-refractivity contribution in [2.75, 3.05) is 17.7 Å². The normalized spacial score (nSPS) is 22.9. The molecule has 0 bridgehead atoms. The van der Waals surface area contributed by atoms with Crippen LogP contribution >= 0.6 is 0 Å². The van der Waals surface area contributed by atoms with E-state index in [0.717, 1.165) is 18.6 Å². The molecule has 37 heavy (non-hydrogen) atoms. The summed E-state index contributed by atoms with van der Waals surface area (Å²) in [6.45, 7) is 4.55. The van der Waals surface area contributed by atoms with Crippen LogP contribution in [0.3, 0.4) is 0 Å². The highest BCUT2D eigenvalue weighted by Crippen LogP contribution is 2.49. The molecule has 3 heteroatoms. The standard InChI is InChI=1S/C18H19N.C16H15NO/c1-11(2)12-7-8-13-10-17-18(15(13)9-12)14-5-3-4-6-16(14)19-17;1-18-11-7-6-10-8-15-16(13(10)9-11)12-4-2-3-5-14(12)17-15/h3-9,11,17-19H,10H2,1-2H3;2-7,9,15-17H,8H2,1H3/t17-,18+;15-,16+/m00/s1. The topological polar surface area (TPSA) is 33.3 Å². The zero-order valence-electron chi connectivity index (χ0n) is 21.8. The van der Waals surface area contributed by atoms with E-state index < -0.39 is 0 Å². The summed E-state index contributed by atoms with van der Waals surface area (Å²) >= 11 is 0. The van der Waals surface area contributed by atoms with E-state index in [1.165, 1.54) is 44.8 Å². The summed E-state index contributed by atoms with van der Waals surface area (Å²) in [5, 5.41) is 7.33. The van der Waals surface area contributed by atoms with E-state index in [2.05, 4.69) is 109 Å². The summed E-state index contributed by atoms with van der Waals surface area (Å²) in [6.07, 6.45) is 2.27. The first kappa shape index (κ1) is 22.5. The van der Waals surface area contributed by atoms with Crippen LogP contribution in [0.25, 0.3) is 0 Å². The van der Waals surface area contributed by atoms with E-state index in [4.69, 9.17) is 4.74 Å². The van der Waals surface area contributed by atoms with Crippen molar-refractivity contribution < 1.29 is 4.74 Å². The Kier molecular flexibility index (Phi) is 5.28. The van der Waals surface area contributed by atoms with E-state index in [1.54, 1.807) is 12.7 Å². The summed E-state index contributed by atoms with van der Waals surface area (Å²) in [5.41, 5.74) is 12.9. The maximum absolute atomic E-state index is 5.36. The minimum absolute atomic E-state index is 0.492. The second-order valence-electron chi connectivity index (χ2n) is 11.2. The van der Waals surface area contributed by atoms with Crippen LogP contribution in [0.5, 0.6) is 5.75 Å². The van der Waals surface area contributed by atoms with Gasteiger partial charge >= 0.3 is 0 Å². The van der Waals surface area contributed by atoms with Gasteiger partial charge in [-0.05, 0) is 82.0 Å². The van der Waals surface area contributed by atoms with Gasteiger partial charge in [0.2, 0.25) is 0 Å². The minimum Gasteiger partial charge on any atom is -0.497 e. The van der Waals surface area contributed by atoms with Crippen molar-refractivity contribution in [3.63, 3.8) is 0 Å². The average molecular weight is 487 g/mol. The molecule has 0 aromatic heterocycles. The fourth-order valence-electron chi connectivity index (χ4n) is 7.00. The minimum atomic E-state index is 0.492. The third-order valence-electron chi connectivity index (χ3n) is 8.82. The first-order valence-corrected chi connectivity index (χ1v) is 13.6. The van der Waals surface area contributed by atoms with Gasteiger partial charge in [0.1, 0.15) is 5.75 Å². The van der Waals surface area contributed by atoms with Gasteiger partial charge in [-0.2, -0.15) is 0 Å².